The molecule has 1 atom stereocenters. The Labute approximate surface area is 117 Å². The van der Waals surface area contributed by atoms with Crippen molar-refractivity contribution in [2.24, 2.45) is 0 Å². The topological polar surface area (TPSA) is 61.8 Å². The van der Waals surface area contributed by atoms with Gasteiger partial charge in [-0.05, 0) is 24.6 Å². The van der Waals surface area contributed by atoms with Gasteiger partial charge in [-0.1, -0.05) is 19.8 Å². The number of fused-ring (bicyclic) bond motifs is 1. The monoisotopic (exact) mass is 278 g/mol. The van der Waals surface area contributed by atoms with Gasteiger partial charge in [0.15, 0.2) is 0 Å². The number of carbonyl (C=O) groups excluding carboxylic acids is 2. The highest BCUT2D eigenvalue weighted by molar-refractivity contribution is 5.94. The van der Waals surface area contributed by atoms with E-state index in [1.807, 2.05) is 0 Å². The summed E-state index contributed by atoms with van der Waals surface area (Å²) >= 11 is 0. The summed E-state index contributed by atoms with van der Waals surface area (Å²) in [6.45, 7) is 2.06. The fourth-order valence-corrected chi connectivity index (χ4v) is 2.06. The van der Waals surface area contributed by atoms with E-state index in [1.54, 1.807) is 18.2 Å². The number of carbonyl (C=O) groups is 2. The zero-order valence-electron chi connectivity index (χ0n) is 11.7. The first-order chi connectivity index (χ1) is 9.65. The molecule has 2 rings (SSSR count). The molecule has 1 aromatic carbocycles. The molecule has 1 unspecified atom stereocenters. The molecule has 0 aromatic heterocycles. The van der Waals surface area contributed by atoms with Crippen LogP contribution in [0.15, 0.2) is 18.2 Å². The Morgan fingerprint density at radius 2 is 2.15 bits per heavy atom. The maximum Gasteiger partial charge on any atom is 0.342 e. The molecule has 1 aliphatic heterocycles. The molecule has 1 aromatic rings. The van der Waals surface area contributed by atoms with Crippen molar-refractivity contribution in [3.05, 3.63) is 29.3 Å². The van der Waals surface area contributed by atoms with Crippen LogP contribution in [0.1, 0.15) is 54.8 Å². The Hall–Kier alpha value is -2.04. The lowest BCUT2D eigenvalue weighted by Gasteiger charge is -2.12. The lowest BCUT2D eigenvalue weighted by atomic mass is 10.1. The van der Waals surface area contributed by atoms with Gasteiger partial charge in [0.1, 0.15) is 5.75 Å². The minimum atomic E-state index is -0.957. The molecule has 0 N–H and O–H groups in total. The minimum Gasteiger partial charge on any atom is -0.497 e. The minimum absolute atomic E-state index is 0.335. The molecule has 20 heavy (non-hydrogen) atoms. The van der Waals surface area contributed by atoms with E-state index >= 15 is 0 Å². The first kappa shape index (κ1) is 14.4. The third-order valence-corrected chi connectivity index (χ3v) is 3.17. The molecule has 0 amide bonds. The lowest BCUT2D eigenvalue weighted by Crippen LogP contribution is -2.11. The number of ether oxygens (including phenoxy) is 3. The lowest BCUT2D eigenvalue weighted by molar-refractivity contribution is -0.167. The number of hydrogen-bond acceptors (Lipinski definition) is 5. The van der Waals surface area contributed by atoms with Crippen molar-refractivity contribution in [1.29, 1.82) is 0 Å². The summed E-state index contributed by atoms with van der Waals surface area (Å²) in [5, 5.41) is 0. The number of cyclic esters (lactones) is 1. The van der Waals surface area contributed by atoms with Crippen molar-refractivity contribution in [2.75, 3.05) is 7.11 Å². The van der Waals surface area contributed by atoms with Crippen LogP contribution in [0.25, 0.3) is 0 Å². The first-order valence-corrected chi connectivity index (χ1v) is 6.74. The fraction of sp³-hybridized carbons (Fsp3) is 0.467. The number of rotatable bonds is 6. The predicted molar refractivity (Wildman–Crippen MR) is 71.4 cm³/mol. The van der Waals surface area contributed by atoms with Gasteiger partial charge < -0.3 is 14.2 Å². The zero-order chi connectivity index (χ0) is 14.5. The van der Waals surface area contributed by atoms with E-state index in [2.05, 4.69) is 6.92 Å². The third kappa shape index (κ3) is 3.10. The van der Waals surface area contributed by atoms with Crippen molar-refractivity contribution in [3.63, 3.8) is 0 Å². The Bertz CT molecular complexity index is 509. The van der Waals surface area contributed by atoms with Gasteiger partial charge in [-0.15, -0.1) is 0 Å². The second-order valence-electron chi connectivity index (χ2n) is 4.64. The zero-order valence-corrected chi connectivity index (χ0v) is 11.7. The molecule has 0 saturated heterocycles. The van der Waals surface area contributed by atoms with Crippen LogP contribution in [0.2, 0.25) is 0 Å². The summed E-state index contributed by atoms with van der Waals surface area (Å²) in [4.78, 5) is 23.4. The van der Waals surface area contributed by atoms with Crippen LogP contribution in [0, 0.1) is 0 Å². The van der Waals surface area contributed by atoms with Crippen LogP contribution in [0.4, 0.5) is 0 Å². The van der Waals surface area contributed by atoms with Crippen LogP contribution >= 0.6 is 0 Å². The smallest absolute Gasteiger partial charge is 0.342 e. The van der Waals surface area contributed by atoms with E-state index in [0.717, 1.165) is 19.3 Å². The van der Waals surface area contributed by atoms with Crippen molar-refractivity contribution in [2.45, 2.75) is 38.9 Å². The Kier molecular flexibility index (Phi) is 4.61. The van der Waals surface area contributed by atoms with Crippen LogP contribution in [-0.2, 0) is 14.3 Å². The molecule has 0 aliphatic carbocycles. The van der Waals surface area contributed by atoms with Crippen LogP contribution in [-0.4, -0.2) is 19.0 Å². The predicted octanol–water partition coefficient (Wildman–Crippen LogP) is 2.99. The van der Waals surface area contributed by atoms with E-state index in [9.17, 15) is 9.59 Å². The number of hydrogen-bond donors (Lipinski definition) is 0. The SMILES string of the molecule is CCCCCC(=O)OC1OC(=O)c2ccc(OC)cc21. The van der Waals surface area contributed by atoms with E-state index < -0.39 is 12.3 Å². The number of methoxy groups -OCH3 is 1. The summed E-state index contributed by atoms with van der Waals surface area (Å²) in [5.74, 6) is -0.241. The molecule has 1 heterocycles. The second-order valence-corrected chi connectivity index (χ2v) is 4.64. The van der Waals surface area contributed by atoms with E-state index in [1.165, 1.54) is 7.11 Å². The molecule has 108 valence electrons. The standard InChI is InChI=1S/C15H18O5/c1-3-4-5-6-13(16)19-15-12-9-10(18-2)7-8-11(12)14(17)20-15/h7-9,15H,3-6H2,1-2H3. The second kappa shape index (κ2) is 6.41. The van der Waals surface area contributed by atoms with Crippen molar-refractivity contribution in [3.8, 4) is 5.75 Å². The van der Waals surface area contributed by atoms with E-state index in [4.69, 9.17) is 14.2 Å². The highest BCUT2D eigenvalue weighted by atomic mass is 16.7. The molecule has 0 bridgehead atoms. The maximum atomic E-state index is 11.7. The molecular weight excluding hydrogens is 260 g/mol. The Morgan fingerprint density at radius 3 is 2.85 bits per heavy atom. The molecule has 5 nitrogen and oxygen atoms in total. The quantitative estimate of drug-likeness (QED) is 0.591. The maximum absolute atomic E-state index is 11.7. The Morgan fingerprint density at radius 1 is 1.35 bits per heavy atom. The van der Waals surface area contributed by atoms with Gasteiger partial charge in [0.2, 0.25) is 0 Å². The van der Waals surface area contributed by atoms with Gasteiger partial charge in [0, 0.05) is 6.42 Å². The summed E-state index contributed by atoms with van der Waals surface area (Å²) in [6.07, 6.45) is 2.17. The molecule has 0 saturated carbocycles. The molecule has 0 fully saturated rings. The summed E-state index contributed by atoms with van der Waals surface area (Å²) in [6, 6.07) is 4.94. The molecule has 1 aliphatic rings. The van der Waals surface area contributed by atoms with Gasteiger partial charge >= 0.3 is 11.9 Å². The highest BCUT2D eigenvalue weighted by Gasteiger charge is 2.34. The van der Waals surface area contributed by atoms with Crippen molar-refractivity contribution in [1.82, 2.24) is 0 Å². The van der Waals surface area contributed by atoms with Gasteiger partial charge in [-0.3, -0.25) is 4.79 Å². The van der Waals surface area contributed by atoms with Gasteiger partial charge in [0.05, 0.1) is 18.2 Å². The molecule has 5 heteroatoms. The average molecular weight is 278 g/mol. The van der Waals surface area contributed by atoms with Crippen molar-refractivity contribution < 1.29 is 23.8 Å². The third-order valence-electron chi connectivity index (χ3n) is 3.17. The largest absolute Gasteiger partial charge is 0.497 e. The normalized spacial score (nSPS) is 16.5. The van der Waals surface area contributed by atoms with Crippen molar-refractivity contribution >= 4 is 11.9 Å². The molecule has 0 spiro atoms. The number of benzene rings is 1. The van der Waals surface area contributed by atoms with E-state index in [-0.39, 0.29) is 5.97 Å². The molecular formula is C15H18O5. The number of esters is 2. The first-order valence-electron chi connectivity index (χ1n) is 6.74. The van der Waals surface area contributed by atoms with E-state index in [0.29, 0.717) is 23.3 Å². The van der Waals surface area contributed by atoms with Gasteiger partial charge in [-0.25, -0.2) is 4.79 Å². The van der Waals surface area contributed by atoms with Crippen LogP contribution in [0.3, 0.4) is 0 Å². The summed E-state index contributed by atoms with van der Waals surface area (Å²) in [5.41, 5.74) is 0.954. The van der Waals surface area contributed by atoms with Gasteiger partial charge in [0.25, 0.3) is 6.29 Å². The summed E-state index contributed by atoms with van der Waals surface area (Å²) in [7, 11) is 1.53. The fourth-order valence-electron chi connectivity index (χ4n) is 2.06. The number of unbranched alkanes of at least 4 members (excludes halogenated alkanes) is 2. The average Bonchev–Trinajstić information content (AvgIpc) is 2.75. The molecule has 0 radical (unpaired) electrons. The Balaban J connectivity index is 2.05. The highest BCUT2D eigenvalue weighted by Crippen LogP contribution is 2.34. The summed E-state index contributed by atoms with van der Waals surface area (Å²) < 4.78 is 15.4. The van der Waals surface area contributed by atoms with Crippen LogP contribution < -0.4 is 4.74 Å². The van der Waals surface area contributed by atoms with Crippen LogP contribution in [0.5, 0.6) is 5.75 Å². The van der Waals surface area contributed by atoms with Gasteiger partial charge in [-0.2, -0.15) is 0 Å².